The third kappa shape index (κ3) is 2.29. The second kappa shape index (κ2) is 4.77. The van der Waals surface area contributed by atoms with Gasteiger partial charge in [0.25, 0.3) is 0 Å². The fraction of sp³-hybridized carbons (Fsp3) is 0.562. The number of benzene rings is 1. The molecule has 3 rings (SSSR count). The summed E-state index contributed by atoms with van der Waals surface area (Å²) in [6.07, 6.45) is 5.19. The maximum atomic E-state index is 6.27. The normalized spacial score (nSPS) is 25.8. The fourth-order valence-corrected chi connectivity index (χ4v) is 2.99. The van der Waals surface area contributed by atoms with E-state index in [-0.39, 0.29) is 17.6 Å². The molecule has 1 fully saturated rings. The van der Waals surface area contributed by atoms with Crippen LogP contribution in [0.2, 0.25) is 0 Å². The first-order valence-corrected chi connectivity index (χ1v) is 7.32. The smallest absolute Gasteiger partial charge is 0.123 e. The number of aromatic amines is 1. The highest BCUT2D eigenvalue weighted by molar-refractivity contribution is 5.83. The van der Waals surface area contributed by atoms with Crippen LogP contribution in [-0.4, -0.2) is 22.3 Å². The van der Waals surface area contributed by atoms with Crippen LogP contribution in [0.25, 0.3) is 10.9 Å². The average molecular weight is 273 g/mol. The van der Waals surface area contributed by atoms with Crippen molar-refractivity contribution >= 4 is 10.9 Å². The molecule has 4 nitrogen and oxygen atoms in total. The highest BCUT2D eigenvalue weighted by Crippen LogP contribution is 2.37. The Kier molecular flexibility index (Phi) is 3.21. The van der Waals surface area contributed by atoms with Gasteiger partial charge in [0, 0.05) is 17.0 Å². The van der Waals surface area contributed by atoms with Gasteiger partial charge in [-0.25, -0.2) is 0 Å². The summed E-state index contributed by atoms with van der Waals surface area (Å²) in [5, 5.41) is 8.19. The quantitative estimate of drug-likeness (QED) is 0.883. The Bertz CT molecular complexity index is 617. The number of aromatic nitrogens is 2. The lowest BCUT2D eigenvalue weighted by Gasteiger charge is -2.40. The zero-order chi connectivity index (χ0) is 14.3. The predicted octanol–water partition coefficient (Wildman–Crippen LogP) is 3.16. The predicted molar refractivity (Wildman–Crippen MR) is 80.9 cm³/mol. The van der Waals surface area contributed by atoms with Crippen molar-refractivity contribution < 1.29 is 4.74 Å². The average Bonchev–Trinajstić information content (AvgIpc) is 2.87. The molecule has 3 N–H and O–H groups in total. The largest absolute Gasteiger partial charge is 0.490 e. The number of fused-ring (bicyclic) bond motifs is 1. The molecule has 1 heterocycles. The van der Waals surface area contributed by atoms with Crippen LogP contribution in [0, 0.1) is 12.3 Å². The molecule has 0 aliphatic heterocycles. The molecule has 2 aromatic rings. The summed E-state index contributed by atoms with van der Waals surface area (Å²) in [6.45, 7) is 6.58. The van der Waals surface area contributed by atoms with Gasteiger partial charge in [0.15, 0.2) is 0 Å². The molecule has 1 saturated carbocycles. The lowest BCUT2D eigenvalue weighted by Crippen LogP contribution is -2.45. The number of nitrogens with zero attached hydrogens (tertiary/aromatic N) is 1. The van der Waals surface area contributed by atoms with Gasteiger partial charge in [0.1, 0.15) is 11.9 Å². The SMILES string of the molecule is Cc1c(O[C@H]2CCC(C)(C)[C@@H](N)C2)ccc2[nH]ncc12. The van der Waals surface area contributed by atoms with Crippen LogP contribution in [0.3, 0.4) is 0 Å². The van der Waals surface area contributed by atoms with E-state index in [1.54, 1.807) is 0 Å². The molecular weight excluding hydrogens is 250 g/mol. The minimum absolute atomic E-state index is 0.208. The van der Waals surface area contributed by atoms with Gasteiger partial charge in [0.2, 0.25) is 0 Å². The van der Waals surface area contributed by atoms with Crippen molar-refractivity contribution in [1.82, 2.24) is 10.2 Å². The summed E-state index contributed by atoms with van der Waals surface area (Å²) in [7, 11) is 0. The van der Waals surface area contributed by atoms with E-state index in [0.29, 0.717) is 0 Å². The van der Waals surface area contributed by atoms with Crippen LogP contribution in [0.1, 0.15) is 38.7 Å². The number of rotatable bonds is 2. The molecule has 1 aliphatic carbocycles. The third-order valence-corrected chi connectivity index (χ3v) is 4.77. The van der Waals surface area contributed by atoms with E-state index in [1.165, 1.54) is 0 Å². The lowest BCUT2D eigenvalue weighted by molar-refractivity contribution is 0.0792. The fourth-order valence-electron chi connectivity index (χ4n) is 2.99. The Hall–Kier alpha value is -1.55. The molecule has 1 aromatic heterocycles. The van der Waals surface area contributed by atoms with Gasteiger partial charge < -0.3 is 10.5 Å². The zero-order valence-corrected chi connectivity index (χ0v) is 12.4. The minimum atomic E-state index is 0.208. The van der Waals surface area contributed by atoms with Crippen molar-refractivity contribution in [3.63, 3.8) is 0 Å². The van der Waals surface area contributed by atoms with Crippen molar-refractivity contribution in [2.24, 2.45) is 11.1 Å². The lowest BCUT2D eigenvalue weighted by atomic mass is 9.73. The molecule has 0 bridgehead atoms. The Morgan fingerprint density at radius 1 is 1.40 bits per heavy atom. The van der Waals surface area contributed by atoms with Crippen molar-refractivity contribution in [3.8, 4) is 5.75 Å². The van der Waals surface area contributed by atoms with Crippen LogP contribution >= 0.6 is 0 Å². The van der Waals surface area contributed by atoms with Crippen molar-refractivity contribution in [1.29, 1.82) is 0 Å². The second-order valence-corrected chi connectivity index (χ2v) is 6.63. The van der Waals surface area contributed by atoms with Gasteiger partial charge in [-0.1, -0.05) is 13.8 Å². The Labute approximate surface area is 119 Å². The van der Waals surface area contributed by atoms with Gasteiger partial charge in [-0.3, -0.25) is 5.10 Å². The molecule has 20 heavy (non-hydrogen) atoms. The van der Waals surface area contributed by atoms with Crippen LogP contribution in [0.15, 0.2) is 18.3 Å². The van der Waals surface area contributed by atoms with E-state index in [2.05, 4.69) is 31.0 Å². The first-order chi connectivity index (χ1) is 9.47. The Balaban J connectivity index is 1.78. The van der Waals surface area contributed by atoms with Gasteiger partial charge in [-0.05, 0) is 43.7 Å². The van der Waals surface area contributed by atoms with E-state index < -0.39 is 0 Å². The van der Waals surface area contributed by atoms with Crippen LogP contribution in [-0.2, 0) is 0 Å². The van der Waals surface area contributed by atoms with Crippen molar-refractivity contribution in [2.45, 2.75) is 52.2 Å². The van der Waals surface area contributed by atoms with Crippen LogP contribution in [0.5, 0.6) is 5.75 Å². The summed E-state index contributed by atoms with van der Waals surface area (Å²) in [6, 6.07) is 4.26. The Morgan fingerprint density at radius 3 is 2.95 bits per heavy atom. The van der Waals surface area contributed by atoms with Crippen LogP contribution < -0.4 is 10.5 Å². The molecule has 0 spiro atoms. The molecule has 0 amide bonds. The molecule has 0 saturated heterocycles. The summed E-state index contributed by atoms with van der Waals surface area (Å²) in [5.74, 6) is 0.954. The van der Waals surface area contributed by atoms with E-state index in [0.717, 1.165) is 41.5 Å². The van der Waals surface area contributed by atoms with E-state index >= 15 is 0 Å². The summed E-state index contributed by atoms with van der Waals surface area (Å²) >= 11 is 0. The van der Waals surface area contributed by atoms with Crippen LogP contribution in [0.4, 0.5) is 0 Å². The standard InChI is InChI=1S/C16H23N3O/c1-10-12-9-18-19-13(12)4-5-14(10)20-11-6-7-16(2,3)15(17)8-11/h4-5,9,11,15H,6-8,17H2,1-3H3,(H,18,19)/t11-,15-/m0/s1. The van der Waals surface area contributed by atoms with E-state index in [4.69, 9.17) is 10.5 Å². The van der Waals surface area contributed by atoms with Gasteiger partial charge in [0.05, 0.1) is 11.7 Å². The highest BCUT2D eigenvalue weighted by atomic mass is 16.5. The topological polar surface area (TPSA) is 63.9 Å². The Morgan fingerprint density at radius 2 is 2.20 bits per heavy atom. The maximum Gasteiger partial charge on any atom is 0.123 e. The molecule has 4 heteroatoms. The molecule has 0 radical (unpaired) electrons. The number of H-pyrrole nitrogens is 1. The van der Waals surface area contributed by atoms with Gasteiger partial charge in [-0.15, -0.1) is 0 Å². The molecule has 108 valence electrons. The van der Waals surface area contributed by atoms with Crippen molar-refractivity contribution in [2.75, 3.05) is 0 Å². The number of ether oxygens (including phenoxy) is 1. The monoisotopic (exact) mass is 273 g/mol. The number of hydrogen-bond donors (Lipinski definition) is 2. The van der Waals surface area contributed by atoms with Gasteiger partial charge >= 0.3 is 0 Å². The molecular formula is C16H23N3O. The first-order valence-electron chi connectivity index (χ1n) is 7.32. The summed E-state index contributed by atoms with van der Waals surface area (Å²) in [5.41, 5.74) is 8.70. The molecule has 1 aliphatic rings. The number of nitrogens with one attached hydrogen (secondary N) is 1. The summed E-state index contributed by atoms with van der Waals surface area (Å²) < 4.78 is 6.21. The maximum absolute atomic E-state index is 6.27. The zero-order valence-electron chi connectivity index (χ0n) is 12.4. The van der Waals surface area contributed by atoms with Crippen molar-refractivity contribution in [3.05, 3.63) is 23.9 Å². The van der Waals surface area contributed by atoms with Gasteiger partial charge in [-0.2, -0.15) is 5.10 Å². The highest BCUT2D eigenvalue weighted by Gasteiger charge is 2.35. The minimum Gasteiger partial charge on any atom is -0.490 e. The molecule has 1 aromatic carbocycles. The third-order valence-electron chi connectivity index (χ3n) is 4.77. The summed E-state index contributed by atoms with van der Waals surface area (Å²) in [4.78, 5) is 0. The number of aryl methyl sites for hydroxylation is 1. The number of nitrogens with two attached hydrogens (primary N) is 1. The second-order valence-electron chi connectivity index (χ2n) is 6.63. The number of hydrogen-bond acceptors (Lipinski definition) is 3. The van der Waals surface area contributed by atoms with E-state index in [1.807, 2.05) is 18.3 Å². The van der Waals surface area contributed by atoms with E-state index in [9.17, 15) is 0 Å². The molecule has 2 atom stereocenters. The first kappa shape index (κ1) is 13.4. The molecule has 0 unspecified atom stereocenters.